The molecule has 1 heterocycles. The normalized spacial score (nSPS) is 10.9. The summed E-state index contributed by atoms with van der Waals surface area (Å²) in [5, 5.41) is 0. The fourth-order valence-electron chi connectivity index (χ4n) is 5.28. The van der Waals surface area contributed by atoms with Gasteiger partial charge in [-0.25, -0.2) is 9.97 Å². The summed E-state index contributed by atoms with van der Waals surface area (Å²) in [7, 11) is 0. The molecule has 7 rings (SSSR count). The third kappa shape index (κ3) is 5.94. The number of hydrogen-bond acceptors (Lipinski definition) is 2. The number of aromatic nitrogens is 2. The Balaban J connectivity index is 1.24. The van der Waals surface area contributed by atoms with E-state index in [0.717, 1.165) is 38.1 Å². The molecule has 204 valence electrons. The number of halogens is 1. The number of rotatable bonds is 6. The molecule has 0 N–H and O–H groups in total. The molecule has 0 aliphatic carbocycles. The Morgan fingerprint density at radius 3 is 1.23 bits per heavy atom. The van der Waals surface area contributed by atoms with Crippen molar-refractivity contribution in [1.82, 2.24) is 9.97 Å². The van der Waals surface area contributed by atoms with E-state index in [0.29, 0.717) is 5.82 Å². The fraction of sp³-hybridized carbons (Fsp3) is 0. The molecule has 0 spiro atoms. The van der Waals surface area contributed by atoms with E-state index in [4.69, 9.17) is 9.97 Å². The van der Waals surface area contributed by atoms with Crippen molar-refractivity contribution in [2.75, 3.05) is 0 Å². The van der Waals surface area contributed by atoms with Gasteiger partial charge in [-0.15, -0.1) is 0 Å². The summed E-state index contributed by atoms with van der Waals surface area (Å²) in [6, 6.07) is 57.1. The summed E-state index contributed by atoms with van der Waals surface area (Å²) in [4.78, 5) is 10.0. The molecule has 7 aromatic rings. The Labute approximate surface area is 260 Å². The molecule has 1 aromatic heterocycles. The molecule has 0 atom stereocenters. The molecular formula is C40H27BrN2. The summed E-state index contributed by atoms with van der Waals surface area (Å²) in [5.74, 6) is 0.710. The van der Waals surface area contributed by atoms with E-state index in [2.05, 4.69) is 155 Å². The van der Waals surface area contributed by atoms with E-state index in [9.17, 15) is 0 Å². The van der Waals surface area contributed by atoms with Gasteiger partial charge in [-0.2, -0.15) is 0 Å². The van der Waals surface area contributed by atoms with Gasteiger partial charge in [0.1, 0.15) is 0 Å². The van der Waals surface area contributed by atoms with Crippen molar-refractivity contribution in [3.63, 3.8) is 0 Å². The van der Waals surface area contributed by atoms with Crippen molar-refractivity contribution in [2.24, 2.45) is 0 Å². The van der Waals surface area contributed by atoms with Gasteiger partial charge in [0.2, 0.25) is 0 Å². The van der Waals surface area contributed by atoms with Gasteiger partial charge in [-0.1, -0.05) is 155 Å². The maximum absolute atomic E-state index is 5.05. The first-order chi connectivity index (χ1) is 21.2. The van der Waals surface area contributed by atoms with Crippen molar-refractivity contribution in [3.8, 4) is 67.3 Å². The summed E-state index contributed by atoms with van der Waals surface area (Å²) >= 11 is 3.53. The highest BCUT2D eigenvalue weighted by molar-refractivity contribution is 9.10. The Kier molecular flexibility index (Phi) is 7.47. The smallest absolute Gasteiger partial charge is 0.160 e. The second-order valence-electron chi connectivity index (χ2n) is 10.4. The number of nitrogens with zero attached hydrogens (tertiary/aromatic N) is 2. The van der Waals surface area contributed by atoms with E-state index in [-0.39, 0.29) is 0 Å². The highest BCUT2D eigenvalue weighted by Crippen LogP contribution is 2.32. The maximum Gasteiger partial charge on any atom is 0.160 e. The lowest BCUT2D eigenvalue weighted by atomic mass is 9.98. The van der Waals surface area contributed by atoms with E-state index >= 15 is 0 Å². The monoisotopic (exact) mass is 614 g/mol. The van der Waals surface area contributed by atoms with Gasteiger partial charge in [0.25, 0.3) is 0 Å². The van der Waals surface area contributed by atoms with Crippen LogP contribution in [0.25, 0.3) is 67.3 Å². The highest BCUT2D eigenvalue weighted by atomic mass is 79.9. The Morgan fingerprint density at radius 2 is 0.674 bits per heavy atom. The Hall–Kier alpha value is -5.12. The summed E-state index contributed by atoms with van der Waals surface area (Å²) < 4.78 is 1.08. The molecule has 0 bridgehead atoms. The third-order valence-corrected chi connectivity index (χ3v) is 8.13. The minimum Gasteiger partial charge on any atom is -0.228 e. The second-order valence-corrected chi connectivity index (χ2v) is 11.4. The SMILES string of the molecule is Brc1ccc(-c2cccc(-c3ccc(-c4cc(-c5ccccc5)nc(-c5ccc(-c6ccccc6)cc5)n4)cc3)c2)cc1. The molecule has 0 saturated carbocycles. The van der Waals surface area contributed by atoms with Gasteiger partial charge < -0.3 is 0 Å². The lowest BCUT2D eigenvalue weighted by Crippen LogP contribution is -1.96. The molecule has 0 radical (unpaired) electrons. The first-order valence-corrected chi connectivity index (χ1v) is 15.1. The van der Waals surface area contributed by atoms with Gasteiger partial charge in [-0.05, 0) is 57.6 Å². The van der Waals surface area contributed by atoms with Gasteiger partial charge in [0.05, 0.1) is 11.4 Å². The topological polar surface area (TPSA) is 25.8 Å². The summed E-state index contributed by atoms with van der Waals surface area (Å²) in [5.41, 5.74) is 12.0. The predicted molar refractivity (Wildman–Crippen MR) is 182 cm³/mol. The number of hydrogen-bond donors (Lipinski definition) is 0. The first-order valence-electron chi connectivity index (χ1n) is 14.3. The number of benzene rings is 6. The fourth-order valence-corrected chi connectivity index (χ4v) is 5.54. The minimum atomic E-state index is 0.710. The van der Waals surface area contributed by atoms with Crippen molar-refractivity contribution >= 4 is 15.9 Å². The van der Waals surface area contributed by atoms with Crippen LogP contribution in [-0.2, 0) is 0 Å². The molecule has 0 unspecified atom stereocenters. The van der Waals surface area contributed by atoms with E-state index < -0.39 is 0 Å². The van der Waals surface area contributed by atoms with E-state index in [1.54, 1.807) is 0 Å². The van der Waals surface area contributed by atoms with Crippen LogP contribution in [0.1, 0.15) is 0 Å². The molecule has 0 aliphatic heterocycles. The lowest BCUT2D eigenvalue weighted by Gasteiger charge is -2.11. The maximum atomic E-state index is 5.05. The van der Waals surface area contributed by atoms with Gasteiger partial charge in [0.15, 0.2) is 5.82 Å². The molecule has 6 aromatic carbocycles. The van der Waals surface area contributed by atoms with Crippen LogP contribution in [0.2, 0.25) is 0 Å². The van der Waals surface area contributed by atoms with E-state index in [1.807, 2.05) is 24.3 Å². The average molecular weight is 616 g/mol. The Morgan fingerprint density at radius 1 is 0.302 bits per heavy atom. The van der Waals surface area contributed by atoms with Crippen LogP contribution >= 0.6 is 15.9 Å². The van der Waals surface area contributed by atoms with Crippen molar-refractivity contribution in [2.45, 2.75) is 0 Å². The Bertz CT molecular complexity index is 1980. The third-order valence-electron chi connectivity index (χ3n) is 7.60. The average Bonchev–Trinajstić information content (AvgIpc) is 3.09. The zero-order chi connectivity index (χ0) is 29.0. The van der Waals surface area contributed by atoms with Crippen LogP contribution in [0.5, 0.6) is 0 Å². The zero-order valence-electron chi connectivity index (χ0n) is 23.4. The molecule has 3 heteroatoms. The zero-order valence-corrected chi connectivity index (χ0v) is 24.9. The lowest BCUT2D eigenvalue weighted by molar-refractivity contribution is 1.18. The molecule has 2 nitrogen and oxygen atoms in total. The largest absolute Gasteiger partial charge is 0.228 e. The molecular weight excluding hydrogens is 588 g/mol. The van der Waals surface area contributed by atoms with Crippen LogP contribution in [0.4, 0.5) is 0 Å². The van der Waals surface area contributed by atoms with Crippen LogP contribution in [-0.4, -0.2) is 9.97 Å². The summed E-state index contributed by atoms with van der Waals surface area (Å²) in [6.45, 7) is 0. The van der Waals surface area contributed by atoms with Crippen LogP contribution in [0, 0.1) is 0 Å². The highest BCUT2D eigenvalue weighted by Gasteiger charge is 2.12. The molecule has 0 amide bonds. The molecule has 0 fully saturated rings. The molecule has 0 aliphatic rings. The van der Waals surface area contributed by atoms with Gasteiger partial charge in [0, 0.05) is 21.2 Å². The van der Waals surface area contributed by atoms with Crippen LogP contribution in [0.15, 0.2) is 168 Å². The second kappa shape index (κ2) is 12.0. The molecule has 0 saturated heterocycles. The van der Waals surface area contributed by atoms with E-state index in [1.165, 1.54) is 27.8 Å². The minimum absolute atomic E-state index is 0.710. The van der Waals surface area contributed by atoms with Crippen molar-refractivity contribution in [3.05, 3.63) is 168 Å². The molecule has 43 heavy (non-hydrogen) atoms. The first kappa shape index (κ1) is 26.8. The van der Waals surface area contributed by atoms with Crippen LogP contribution < -0.4 is 0 Å². The van der Waals surface area contributed by atoms with Crippen LogP contribution in [0.3, 0.4) is 0 Å². The quantitative estimate of drug-likeness (QED) is 0.186. The van der Waals surface area contributed by atoms with Crippen molar-refractivity contribution in [1.29, 1.82) is 0 Å². The van der Waals surface area contributed by atoms with Gasteiger partial charge in [-0.3, -0.25) is 0 Å². The van der Waals surface area contributed by atoms with Crippen molar-refractivity contribution < 1.29 is 0 Å². The standard InChI is InChI=1S/C40H27BrN2/c41-37-24-22-31(23-25-37)36-13-7-12-35(26-36)30-14-18-33(19-15-30)39-27-38(32-10-5-2-6-11-32)42-40(43-39)34-20-16-29(17-21-34)28-8-3-1-4-9-28/h1-27H. The summed E-state index contributed by atoms with van der Waals surface area (Å²) in [6.07, 6.45) is 0. The van der Waals surface area contributed by atoms with Gasteiger partial charge >= 0.3 is 0 Å². The predicted octanol–water partition coefficient (Wildman–Crippen LogP) is 11.2.